The van der Waals surface area contributed by atoms with E-state index in [4.69, 9.17) is 11.6 Å². The van der Waals surface area contributed by atoms with E-state index in [0.29, 0.717) is 5.41 Å². The van der Waals surface area contributed by atoms with E-state index in [0.717, 1.165) is 5.02 Å². The molecule has 0 fully saturated rings. The van der Waals surface area contributed by atoms with Crippen molar-refractivity contribution in [3.63, 3.8) is 0 Å². The van der Waals surface area contributed by atoms with Gasteiger partial charge in [0.05, 0.1) is 0 Å². The molecule has 2 rings (SSSR count). The molecule has 0 N–H and O–H groups in total. The molecule has 80 valence electrons. The van der Waals surface area contributed by atoms with Crippen LogP contribution in [-0.4, -0.2) is 0 Å². The Morgan fingerprint density at radius 3 is 2.67 bits per heavy atom. The van der Waals surface area contributed by atoms with Crippen LogP contribution in [-0.2, 0) is 0 Å². The second-order valence-corrected chi connectivity index (χ2v) is 5.54. The molecule has 0 radical (unpaired) electrons. The highest BCUT2D eigenvalue weighted by Gasteiger charge is 2.21. The summed E-state index contributed by atoms with van der Waals surface area (Å²) >= 11 is 5.99. The number of hydrogen-bond acceptors (Lipinski definition) is 0. The van der Waals surface area contributed by atoms with E-state index in [1.54, 1.807) is 0 Å². The predicted molar refractivity (Wildman–Crippen MR) is 67.1 cm³/mol. The molecule has 0 aliphatic heterocycles. The molecule has 0 bridgehead atoms. The first-order valence-corrected chi connectivity index (χ1v) is 5.90. The van der Waals surface area contributed by atoms with Crippen LogP contribution in [0.15, 0.2) is 30.3 Å². The fourth-order valence-electron chi connectivity index (χ4n) is 2.03. The highest BCUT2D eigenvalue weighted by atomic mass is 35.5. The molecular formula is C14H17Cl. The fraction of sp³-hybridized carbons (Fsp3) is 0.429. The number of hydrogen-bond donors (Lipinski definition) is 0. The first kappa shape index (κ1) is 10.8. The van der Waals surface area contributed by atoms with E-state index in [-0.39, 0.29) is 0 Å². The van der Waals surface area contributed by atoms with Gasteiger partial charge in [-0.15, -0.1) is 0 Å². The van der Waals surface area contributed by atoms with Gasteiger partial charge in [0.1, 0.15) is 0 Å². The van der Waals surface area contributed by atoms with Crippen molar-refractivity contribution < 1.29 is 0 Å². The molecule has 0 heterocycles. The van der Waals surface area contributed by atoms with Crippen molar-refractivity contribution in [2.45, 2.75) is 33.1 Å². The average molecular weight is 221 g/mol. The van der Waals surface area contributed by atoms with E-state index in [1.807, 2.05) is 12.1 Å². The molecule has 1 aliphatic carbocycles. The Balaban J connectivity index is 2.23. The third kappa shape index (κ3) is 2.63. The Kier molecular flexibility index (Phi) is 2.88. The Bertz CT molecular complexity index is 388. The molecular weight excluding hydrogens is 204 g/mol. The summed E-state index contributed by atoms with van der Waals surface area (Å²) in [6, 6.07) is 8.17. The molecule has 1 aliphatic rings. The smallest absolute Gasteiger partial charge is 0.0412 e. The molecule has 1 aromatic rings. The maximum atomic E-state index is 5.99. The molecule has 0 amide bonds. The van der Waals surface area contributed by atoms with Gasteiger partial charge < -0.3 is 0 Å². The highest BCUT2D eigenvalue weighted by molar-refractivity contribution is 6.30. The van der Waals surface area contributed by atoms with E-state index < -0.39 is 0 Å². The van der Waals surface area contributed by atoms with Crippen molar-refractivity contribution in [3.05, 3.63) is 40.9 Å². The maximum Gasteiger partial charge on any atom is 0.0412 e. The number of benzene rings is 1. The molecule has 0 unspecified atom stereocenters. The molecule has 1 aromatic carbocycles. The molecule has 0 atom stereocenters. The van der Waals surface area contributed by atoms with Gasteiger partial charge in [-0.2, -0.15) is 0 Å². The Morgan fingerprint density at radius 2 is 2.07 bits per heavy atom. The average Bonchev–Trinajstić information content (AvgIpc) is 2.17. The van der Waals surface area contributed by atoms with Crippen molar-refractivity contribution in [1.29, 1.82) is 0 Å². The third-order valence-electron chi connectivity index (χ3n) is 3.17. The summed E-state index contributed by atoms with van der Waals surface area (Å²) in [4.78, 5) is 0. The third-order valence-corrected chi connectivity index (χ3v) is 3.40. The summed E-state index contributed by atoms with van der Waals surface area (Å²) in [5, 5.41) is 0.832. The summed E-state index contributed by atoms with van der Waals surface area (Å²) in [6.45, 7) is 4.66. The van der Waals surface area contributed by atoms with Crippen molar-refractivity contribution in [3.8, 4) is 0 Å². The van der Waals surface area contributed by atoms with Crippen molar-refractivity contribution in [2.75, 3.05) is 0 Å². The first-order valence-electron chi connectivity index (χ1n) is 5.52. The standard InChI is InChI=1S/C14H17Cl/c1-14(2)8-6-11(7-9-14)12-4-3-5-13(15)10-12/h3-6,10H,7-9H2,1-2H3. The normalized spacial score (nSPS) is 19.8. The second kappa shape index (κ2) is 4.02. The fourth-order valence-corrected chi connectivity index (χ4v) is 2.22. The van der Waals surface area contributed by atoms with Crippen LogP contribution in [0.25, 0.3) is 5.57 Å². The van der Waals surface area contributed by atoms with Gasteiger partial charge in [-0.1, -0.05) is 43.7 Å². The summed E-state index contributed by atoms with van der Waals surface area (Å²) in [5.74, 6) is 0. The number of rotatable bonds is 1. The summed E-state index contributed by atoms with van der Waals surface area (Å²) in [5.41, 5.74) is 3.22. The van der Waals surface area contributed by atoms with Gasteiger partial charge in [-0.3, -0.25) is 0 Å². The summed E-state index contributed by atoms with van der Waals surface area (Å²) in [7, 11) is 0. The van der Waals surface area contributed by atoms with Crippen LogP contribution in [0, 0.1) is 5.41 Å². The number of halogens is 1. The van der Waals surface area contributed by atoms with Crippen molar-refractivity contribution in [2.24, 2.45) is 5.41 Å². The highest BCUT2D eigenvalue weighted by Crippen LogP contribution is 2.38. The quantitative estimate of drug-likeness (QED) is 0.629. The largest absolute Gasteiger partial charge is 0.0843 e. The zero-order chi connectivity index (χ0) is 10.9. The van der Waals surface area contributed by atoms with Gasteiger partial charge in [-0.05, 0) is 47.9 Å². The lowest BCUT2D eigenvalue weighted by Gasteiger charge is -2.28. The van der Waals surface area contributed by atoms with E-state index >= 15 is 0 Å². The molecule has 0 saturated carbocycles. The van der Waals surface area contributed by atoms with Crippen LogP contribution in [0.2, 0.25) is 5.02 Å². The zero-order valence-electron chi connectivity index (χ0n) is 9.39. The van der Waals surface area contributed by atoms with Crippen LogP contribution >= 0.6 is 11.6 Å². The zero-order valence-corrected chi connectivity index (χ0v) is 10.1. The molecule has 1 heteroatoms. The van der Waals surface area contributed by atoms with Gasteiger partial charge >= 0.3 is 0 Å². The van der Waals surface area contributed by atoms with Crippen LogP contribution < -0.4 is 0 Å². The minimum atomic E-state index is 0.474. The Labute approximate surface area is 97.0 Å². The minimum Gasteiger partial charge on any atom is -0.0843 e. The van der Waals surface area contributed by atoms with Crippen LogP contribution in [0.1, 0.15) is 38.7 Å². The van der Waals surface area contributed by atoms with Gasteiger partial charge in [-0.25, -0.2) is 0 Å². The van der Waals surface area contributed by atoms with Gasteiger partial charge in [0, 0.05) is 5.02 Å². The number of allylic oxidation sites excluding steroid dienone is 2. The lowest BCUT2D eigenvalue weighted by molar-refractivity contribution is 0.335. The monoisotopic (exact) mass is 220 g/mol. The molecule has 0 saturated heterocycles. The predicted octanol–water partition coefficient (Wildman–Crippen LogP) is 4.93. The van der Waals surface area contributed by atoms with E-state index in [2.05, 4.69) is 32.1 Å². The Morgan fingerprint density at radius 1 is 1.27 bits per heavy atom. The van der Waals surface area contributed by atoms with Crippen LogP contribution in [0.5, 0.6) is 0 Å². The van der Waals surface area contributed by atoms with Gasteiger partial charge in [0.2, 0.25) is 0 Å². The first-order chi connectivity index (χ1) is 7.07. The summed E-state index contributed by atoms with van der Waals surface area (Å²) in [6.07, 6.45) is 5.99. The molecule has 0 nitrogen and oxygen atoms in total. The van der Waals surface area contributed by atoms with Crippen LogP contribution in [0.3, 0.4) is 0 Å². The SMILES string of the molecule is CC1(C)CC=C(c2cccc(Cl)c2)CC1. The molecule has 0 spiro atoms. The summed E-state index contributed by atoms with van der Waals surface area (Å²) < 4.78 is 0. The topological polar surface area (TPSA) is 0 Å². The second-order valence-electron chi connectivity index (χ2n) is 5.11. The molecule has 0 aromatic heterocycles. The van der Waals surface area contributed by atoms with Crippen molar-refractivity contribution in [1.82, 2.24) is 0 Å². The molecule has 15 heavy (non-hydrogen) atoms. The van der Waals surface area contributed by atoms with E-state index in [1.165, 1.54) is 30.4 Å². The maximum absolute atomic E-state index is 5.99. The van der Waals surface area contributed by atoms with Crippen molar-refractivity contribution >= 4 is 17.2 Å². The van der Waals surface area contributed by atoms with Crippen LogP contribution in [0.4, 0.5) is 0 Å². The lowest BCUT2D eigenvalue weighted by Crippen LogP contribution is -2.13. The van der Waals surface area contributed by atoms with Gasteiger partial charge in [0.25, 0.3) is 0 Å². The lowest BCUT2D eigenvalue weighted by atomic mass is 9.77. The minimum absolute atomic E-state index is 0.474. The van der Waals surface area contributed by atoms with E-state index in [9.17, 15) is 0 Å². The Hall–Kier alpha value is -0.750. The van der Waals surface area contributed by atoms with Gasteiger partial charge in [0.15, 0.2) is 0 Å².